The predicted octanol–water partition coefficient (Wildman–Crippen LogP) is 2.50. The fraction of sp³-hybridized carbons (Fsp3) is 0.562. The number of hydrogen-bond acceptors (Lipinski definition) is 3. The van der Waals surface area contributed by atoms with Crippen molar-refractivity contribution in [2.24, 2.45) is 11.3 Å². The van der Waals surface area contributed by atoms with E-state index in [-0.39, 0.29) is 24.8 Å². The van der Waals surface area contributed by atoms with Crippen molar-refractivity contribution in [3.63, 3.8) is 0 Å². The first kappa shape index (κ1) is 18.4. The van der Waals surface area contributed by atoms with Gasteiger partial charge in [0.25, 0.3) is 5.91 Å². The van der Waals surface area contributed by atoms with E-state index in [2.05, 4.69) is 5.32 Å². The van der Waals surface area contributed by atoms with Gasteiger partial charge in [0, 0.05) is 18.0 Å². The van der Waals surface area contributed by atoms with Crippen molar-refractivity contribution < 1.29 is 23.4 Å². The maximum Gasteiger partial charge on any atom is 0.257 e. The first-order valence-corrected chi connectivity index (χ1v) is 7.16. The summed E-state index contributed by atoms with van der Waals surface area (Å²) in [5, 5.41) is 12.7. The largest absolute Gasteiger partial charge is 0.481 e. The first-order chi connectivity index (χ1) is 10.1. The molecule has 1 amide bonds. The number of carbonyl (C=O) groups excluding carboxylic acids is 1. The summed E-state index contributed by atoms with van der Waals surface area (Å²) in [6.07, 6.45) is -0.566. The fourth-order valence-electron chi connectivity index (χ4n) is 2.12. The van der Waals surface area contributed by atoms with Gasteiger partial charge in [-0.3, -0.25) is 4.79 Å². The molecule has 0 aliphatic carbocycles. The van der Waals surface area contributed by atoms with Crippen molar-refractivity contribution in [2.45, 2.75) is 33.8 Å². The van der Waals surface area contributed by atoms with Crippen molar-refractivity contribution in [1.29, 1.82) is 0 Å². The van der Waals surface area contributed by atoms with Crippen LogP contribution in [-0.4, -0.2) is 30.3 Å². The van der Waals surface area contributed by atoms with Crippen molar-refractivity contribution in [3.05, 3.63) is 29.8 Å². The van der Waals surface area contributed by atoms with Gasteiger partial charge in [0.1, 0.15) is 5.82 Å². The minimum Gasteiger partial charge on any atom is -0.481 e. The lowest BCUT2D eigenvalue weighted by Gasteiger charge is -2.33. The highest BCUT2D eigenvalue weighted by Gasteiger charge is 2.30. The first-order valence-electron chi connectivity index (χ1n) is 7.16. The Morgan fingerprint density at radius 2 is 2.00 bits per heavy atom. The maximum absolute atomic E-state index is 13.3. The molecule has 22 heavy (non-hydrogen) atoms. The molecule has 0 spiro atoms. The van der Waals surface area contributed by atoms with Crippen LogP contribution >= 0.6 is 0 Å². The number of hydrogen-bond donors (Lipinski definition) is 2. The number of rotatable bonds is 7. The Morgan fingerprint density at radius 3 is 2.55 bits per heavy atom. The smallest absolute Gasteiger partial charge is 0.257 e. The third-order valence-corrected chi connectivity index (χ3v) is 3.43. The predicted molar refractivity (Wildman–Crippen MR) is 79.5 cm³/mol. The molecule has 4 nitrogen and oxygen atoms in total. The molecule has 0 saturated heterocycles. The van der Waals surface area contributed by atoms with Crippen LogP contribution in [-0.2, 0) is 4.79 Å². The van der Waals surface area contributed by atoms with Gasteiger partial charge in [0.05, 0.1) is 6.10 Å². The van der Waals surface area contributed by atoms with Crippen LogP contribution in [0.5, 0.6) is 5.75 Å². The number of carbonyl (C=O) groups is 1. The second-order valence-electron chi connectivity index (χ2n) is 6.32. The number of ether oxygens (including phenoxy) is 1. The Hall–Kier alpha value is -1.69. The van der Waals surface area contributed by atoms with Gasteiger partial charge in [0.2, 0.25) is 0 Å². The fourth-order valence-corrected chi connectivity index (χ4v) is 2.12. The lowest BCUT2D eigenvalue weighted by Crippen LogP contribution is -2.44. The topological polar surface area (TPSA) is 58.6 Å². The van der Waals surface area contributed by atoms with Gasteiger partial charge >= 0.3 is 0 Å². The van der Waals surface area contributed by atoms with E-state index >= 15 is 0 Å². The molecule has 0 heterocycles. The monoisotopic (exact) mass is 315 g/mol. The molecule has 0 saturated carbocycles. The Labute approximate surface area is 129 Å². The average molecular weight is 315 g/mol. The third-order valence-electron chi connectivity index (χ3n) is 3.43. The van der Waals surface area contributed by atoms with Crippen LogP contribution < -0.4 is 10.1 Å². The summed E-state index contributed by atoms with van der Waals surface area (Å²) in [5.41, 5.74) is -0.495. The molecular weight excluding hydrogens is 292 g/mol. The van der Waals surface area contributed by atoms with Gasteiger partial charge in [0.15, 0.2) is 18.2 Å². The van der Waals surface area contributed by atoms with Crippen LogP contribution in [0.1, 0.15) is 27.7 Å². The van der Waals surface area contributed by atoms with Crippen molar-refractivity contribution in [1.82, 2.24) is 5.32 Å². The summed E-state index contributed by atoms with van der Waals surface area (Å²) < 4.78 is 31.1. The normalized spacial score (nSPS) is 13.1. The van der Waals surface area contributed by atoms with E-state index in [1.54, 1.807) is 0 Å². The molecule has 1 aromatic carbocycles. The minimum absolute atomic E-state index is 0.0662. The molecule has 1 rings (SSSR count). The zero-order valence-corrected chi connectivity index (χ0v) is 13.3. The Bertz CT molecular complexity index is 518. The van der Waals surface area contributed by atoms with Crippen LogP contribution in [0.25, 0.3) is 0 Å². The second-order valence-corrected chi connectivity index (χ2v) is 6.32. The van der Waals surface area contributed by atoms with Crippen LogP contribution in [0.2, 0.25) is 0 Å². The Kier molecular flexibility index (Phi) is 6.29. The molecular formula is C16H23F2NO3. The summed E-state index contributed by atoms with van der Waals surface area (Å²) >= 11 is 0. The molecule has 2 N–H and O–H groups in total. The standard InChI is InChI=1S/C16H23F2NO3/c1-10(2)15(21)16(3,4)9-19-14(20)8-22-13-6-5-11(17)7-12(13)18/h5-7,10,15,21H,8-9H2,1-4H3,(H,19,20). The quantitative estimate of drug-likeness (QED) is 0.813. The van der Waals surface area contributed by atoms with Crippen molar-refractivity contribution in [3.8, 4) is 5.75 Å². The molecule has 1 atom stereocenters. The van der Waals surface area contributed by atoms with E-state index in [1.165, 1.54) is 0 Å². The zero-order valence-electron chi connectivity index (χ0n) is 13.3. The highest BCUT2D eigenvalue weighted by atomic mass is 19.1. The van der Waals surface area contributed by atoms with Gasteiger partial charge in [-0.05, 0) is 18.1 Å². The summed E-state index contributed by atoms with van der Waals surface area (Å²) in [5.74, 6) is -2.12. The Balaban J connectivity index is 2.47. The number of aliphatic hydroxyl groups is 1. The lowest BCUT2D eigenvalue weighted by molar-refractivity contribution is -0.124. The van der Waals surface area contributed by atoms with E-state index in [0.717, 1.165) is 12.1 Å². The number of aliphatic hydroxyl groups excluding tert-OH is 1. The molecule has 6 heteroatoms. The molecule has 1 aromatic rings. The molecule has 124 valence electrons. The maximum atomic E-state index is 13.3. The summed E-state index contributed by atoms with van der Waals surface area (Å²) in [6.45, 7) is 7.37. The lowest BCUT2D eigenvalue weighted by atomic mass is 9.81. The van der Waals surface area contributed by atoms with E-state index in [4.69, 9.17) is 4.74 Å². The number of halogens is 2. The van der Waals surface area contributed by atoms with E-state index in [0.29, 0.717) is 6.07 Å². The summed E-state index contributed by atoms with van der Waals surface area (Å²) in [7, 11) is 0. The van der Waals surface area contributed by atoms with E-state index < -0.39 is 29.1 Å². The van der Waals surface area contributed by atoms with Gasteiger partial charge in [-0.15, -0.1) is 0 Å². The molecule has 0 aliphatic heterocycles. The van der Waals surface area contributed by atoms with E-state index in [1.807, 2.05) is 27.7 Å². The Morgan fingerprint density at radius 1 is 1.36 bits per heavy atom. The number of benzene rings is 1. The van der Waals surface area contributed by atoms with Gasteiger partial charge in [-0.25, -0.2) is 8.78 Å². The summed E-state index contributed by atoms with van der Waals surface area (Å²) in [6, 6.07) is 2.87. The van der Waals surface area contributed by atoms with Crippen molar-refractivity contribution >= 4 is 5.91 Å². The number of amides is 1. The van der Waals surface area contributed by atoms with E-state index in [9.17, 15) is 18.7 Å². The molecule has 0 bridgehead atoms. The second kappa shape index (κ2) is 7.54. The van der Waals surface area contributed by atoms with Crippen LogP contribution in [0.4, 0.5) is 8.78 Å². The van der Waals surface area contributed by atoms with Gasteiger partial charge < -0.3 is 15.2 Å². The zero-order chi connectivity index (χ0) is 16.9. The highest BCUT2D eigenvalue weighted by molar-refractivity contribution is 5.77. The van der Waals surface area contributed by atoms with Crippen LogP contribution in [0, 0.1) is 23.0 Å². The third kappa shape index (κ3) is 5.26. The molecule has 0 aromatic heterocycles. The molecule has 0 aliphatic rings. The minimum atomic E-state index is -0.858. The van der Waals surface area contributed by atoms with Crippen LogP contribution in [0.3, 0.4) is 0 Å². The highest BCUT2D eigenvalue weighted by Crippen LogP contribution is 2.25. The SMILES string of the molecule is CC(C)C(O)C(C)(C)CNC(=O)COc1ccc(F)cc1F. The molecule has 0 fully saturated rings. The van der Waals surface area contributed by atoms with Gasteiger partial charge in [-0.1, -0.05) is 27.7 Å². The molecule has 0 radical (unpaired) electrons. The average Bonchev–Trinajstić information content (AvgIpc) is 2.43. The van der Waals surface area contributed by atoms with Crippen molar-refractivity contribution in [2.75, 3.05) is 13.2 Å². The molecule has 1 unspecified atom stereocenters. The van der Waals surface area contributed by atoms with Gasteiger partial charge in [-0.2, -0.15) is 0 Å². The summed E-state index contributed by atoms with van der Waals surface area (Å²) in [4.78, 5) is 11.7. The number of nitrogens with one attached hydrogen (secondary N) is 1. The van der Waals surface area contributed by atoms with Crippen LogP contribution in [0.15, 0.2) is 18.2 Å².